The molecule has 0 aromatic carbocycles. The second kappa shape index (κ2) is 4.87. The Bertz CT molecular complexity index is 332. The van der Waals surface area contributed by atoms with E-state index in [2.05, 4.69) is 35.4 Å². The number of aromatic nitrogens is 2. The second-order valence-corrected chi connectivity index (χ2v) is 5.10. The molecule has 90 valence electrons. The summed E-state index contributed by atoms with van der Waals surface area (Å²) in [7, 11) is 1.97. The average molecular weight is 222 g/mol. The van der Waals surface area contributed by atoms with Gasteiger partial charge in [-0.25, -0.2) is 0 Å². The zero-order chi connectivity index (χ0) is 11.5. The van der Waals surface area contributed by atoms with Crippen LogP contribution in [-0.2, 0) is 7.05 Å². The molecule has 1 aliphatic rings. The highest BCUT2D eigenvalue weighted by Gasteiger charge is 2.20. The van der Waals surface area contributed by atoms with Gasteiger partial charge in [-0.1, -0.05) is 13.8 Å². The van der Waals surface area contributed by atoms with Crippen LogP contribution in [-0.4, -0.2) is 35.5 Å². The first-order chi connectivity index (χ1) is 7.65. The molecule has 4 nitrogen and oxygen atoms in total. The molecular weight excluding hydrogens is 200 g/mol. The molecule has 1 aromatic rings. The normalized spacial score (nSPS) is 21.8. The van der Waals surface area contributed by atoms with E-state index in [1.807, 2.05) is 17.9 Å². The Labute approximate surface area is 97.6 Å². The lowest BCUT2D eigenvalue weighted by molar-refractivity contribution is 0.388. The van der Waals surface area contributed by atoms with Gasteiger partial charge in [0.1, 0.15) is 0 Å². The molecule has 1 aliphatic heterocycles. The van der Waals surface area contributed by atoms with Gasteiger partial charge in [0.05, 0.1) is 11.9 Å². The first kappa shape index (κ1) is 11.5. The summed E-state index contributed by atoms with van der Waals surface area (Å²) in [5.41, 5.74) is 1.25. The number of piperazine rings is 1. The summed E-state index contributed by atoms with van der Waals surface area (Å²) in [5.74, 6) is 0.756. The second-order valence-electron chi connectivity index (χ2n) is 5.10. The van der Waals surface area contributed by atoms with Gasteiger partial charge >= 0.3 is 0 Å². The van der Waals surface area contributed by atoms with Crippen LogP contribution >= 0.6 is 0 Å². The summed E-state index contributed by atoms with van der Waals surface area (Å²) in [6.45, 7) is 7.83. The third kappa shape index (κ3) is 2.76. The van der Waals surface area contributed by atoms with Crippen LogP contribution in [0.25, 0.3) is 0 Å². The van der Waals surface area contributed by atoms with Crippen molar-refractivity contribution < 1.29 is 0 Å². The molecule has 1 fully saturated rings. The Hall–Kier alpha value is -1.03. The molecule has 1 atom stereocenters. The van der Waals surface area contributed by atoms with E-state index >= 15 is 0 Å². The van der Waals surface area contributed by atoms with E-state index in [0.29, 0.717) is 6.04 Å². The van der Waals surface area contributed by atoms with Crippen molar-refractivity contribution in [2.24, 2.45) is 13.0 Å². The minimum Gasteiger partial charge on any atom is -0.366 e. The number of aryl methyl sites for hydroxylation is 1. The van der Waals surface area contributed by atoms with Gasteiger partial charge in [0.25, 0.3) is 0 Å². The van der Waals surface area contributed by atoms with E-state index in [-0.39, 0.29) is 0 Å². The molecule has 0 radical (unpaired) electrons. The monoisotopic (exact) mass is 222 g/mol. The largest absolute Gasteiger partial charge is 0.366 e. The lowest BCUT2D eigenvalue weighted by Crippen LogP contribution is -2.51. The number of nitrogens with one attached hydrogen (secondary N) is 1. The van der Waals surface area contributed by atoms with E-state index < -0.39 is 0 Å². The molecule has 1 aromatic heterocycles. The number of hydrogen-bond acceptors (Lipinski definition) is 3. The highest BCUT2D eigenvalue weighted by Crippen LogP contribution is 2.16. The van der Waals surface area contributed by atoms with Crippen LogP contribution in [0.4, 0.5) is 5.69 Å². The standard InChI is InChI=1S/C12H22N4/c1-10(2)6-11-8-16(5-4-13-11)12-7-14-15(3)9-12/h7,9-11,13H,4-6,8H2,1-3H3. The van der Waals surface area contributed by atoms with Crippen LogP contribution in [0.2, 0.25) is 0 Å². The van der Waals surface area contributed by atoms with E-state index in [1.165, 1.54) is 12.1 Å². The Balaban J connectivity index is 1.96. The first-order valence-electron chi connectivity index (χ1n) is 6.12. The summed E-state index contributed by atoms with van der Waals surface area (Å²) in [6, 6.07) is 0.619. The first-order valence-corrected chi connectivity index (χ1v) is 6.12. The third-order valence-corrected chi connectivity index (χ3v) is 3.07. The Morgan fingerprint density at radius 3 is 3.00 bits per heavy atom. The molecule has 4 heteroatoms. The molecule has 0 saturated carbocycles. The van der Waals surface area contributed by atoms with Crippen LogP contribution in [0.3, 0.4) is 0 Å². The van der Waals surface area contributed by atoms with Gasteiger partial charge in [0, 0.05) is 38.9 Å². The molecular formula is C12H22N4. The van der Waals surface area contributed by atoms with Gasteiger partial charge in [-0.2, -0.15) is 5.10 Å². The van der Waals surface area contributed by atoms with Gasteiger partial charge in [-0.15, -0.1) is 0 Å². The van der Waals surface area contributed by atoms with Crippen molar-refractivity contribution >= 4 is 5.69 Å². The molecule has 1 saturated heterocycles. The van der Waals surface area contributed by atoms with E-state index in [0.717, 1.165) is 25.6 Å². The van der Waals surface area contributed by atoms with Crippen molar-refractivity contribution in [1.82, 2.24) is 15.1 Å². The van der Waals surface area contributed by atoms with Crippen LogP contribution in [0.5, 0.6) is 0 Å². The van der Waals surface area contributed by atoms with Crippen molar-refractivity contribution in [1.29, 1.82) is 0 Å². The number of rotatable bonds is 3. The number of nitrogens with zero attached hydrogens (tertiary/aromatic N) is 3. The molecule has 0 aliphatic carbocycles. The quantitative estimate of drug-likeness (QED) is 0.835. The fourth-order valence-electron chi connectivity index (χ4n) is 2.36. The maximum Gasteiger partial charge on any atom is 0.0753 e. The summed E-state index contributed by atoms with van der Waals surface area (Å²) in [4.78, 5) is 2.43. The van der Waals surface area contributed by atoms with Gasteiger partial charge in [-0.3, -0.25) is 4.68 Å². The number of anilines is 1. The van der Waals surface area contributed by atoms with Gasteiger partial charge < -0.3 is 10.2 Å². The van der Waals surface area contributed by atoms with Crippen LogP contribution in [0.15, 0.2) is 12.4 Å². The molecule has 2 rings (SSSR count). The molecule has 16 heavy (non-hydrogen) atoms. The summed E-state index contributed by atoms with van der Waals surface area (Å²) in [6.07, 6.45) is 5.30. The molecule has 0 amide bonds. The average Bonchev–Trinajstić information content (AvgIpc) is 2.64. The predicted octanol–water partition coefficient (Wildman–Crippen LogP) is 1.24. The van der Waals surface area contributed by atoms with Crippen molar-refractivity contribution in [2.45, 2.75) is 26.3 Å². The van der Waals surface area contributed by atoms with Crippen molar-refractivity contribution in [3.8, 4) is 0 Å². The maximum absolute atomic E-state index is 4.23. The van der Waals surface area contributed by atoms with Crippen molar-refractivity contribution in [3.05, 3.63) is 12.4 Å². The van der Waals surface area contributed by atoms with Crippen LogP contribution in [0, 0.1) is 5.92 Å². The highest BCUT2D eigenvalue weighted by atomic mass is 15.3. The SMILES string of the molecule is CC(C)CC1CN(c2cnn(C)c2)CCN1. The zero-order valence-electron chi connectivity index (χ0n) is 10.5. The molecule has 2 heterocycles. The molecule has 0 spiro atoms. The predicted molar refractivity (Wildman–Crippen MR) is 66.7 cm³/mol. The van der Waals surface area contributed by atoms with Crippen molar-refractivity contribution in [2.75, 3.05) is 24.5 Å². The highest BCUT2D eigenvalue weighted by molar-refractivity contribution is 5.43. The summed E-state index contributed by atoms with van der Waals surface area (Å²) < 4.78 is 1.87. The zero-order valence-corrected chi connectivity index (χ0v) is 10.5. The van der Waals surface area contributed by atoms with Crippen LogP contribution in [0.1, 0.15) is 20.3 Å². The minimum atomic E-state index is 0.619. The Kier molecular flexibility index (Phi) is 3.49. The molecule has 1 N–H and O–H groups in total. The fourth-order valence-corrected chi connectivity index (χ4v) is 2.36. The fraction of sp³-hybridized carbons (Fsp3) is 0.750. The lowest BCUT2D eigenvalue weighted by atomic mass is 10.0. The Morgan fingerprint density at radius 1 is 1.56 bits per heavy atom. The third-order valence-electron chi connectivity index (χ3n) is 3.07. The molecule has 1 unspecified atom stereocenters. The van der Waals surface area contributed by atoms with Gasteiger partial charge in [-0.05, 0) is 12.3 Å². The number of hydrogen-bond donors (Lipinski definition) is 1. The maximum atomic E-state index is 4.23. The Morgan fingerprint density at radius 2 is 2.38 bits per heavy atom. The topological polar surface area (TPSA) is 33.1 Å². The summed E-state index contributed by atoms with van der Waals surface area (Å²) >= 11 is 0. The van der Waals surface area contributed by atoms with E-state index in [9.17, 15) is 0 Å². The summed E-state index contributed by atoms with van der Waals surface area (Å²) in [5, 5.41) is 7.82. The lowest BCUT2D eigenvalue weighted by Gasteiger charge is -2.35. The van der Waals surface area contributed by atoms with Crippen molar-refractivity contribution in [3.63, 3.8) is 0 Å². The van der Waals surface area contributed by atoms with E-state index in [4.69, 9.17) is 0 Å². The molecule has 0 bridgehead atoms. The minimum absolute atomic E-state index is 0.619. The van der Waals surface area contributed by atoms with Crippen LogP contribution < -0.4 is 10.2 Å². The van der Waals surface area contributed by atoms with E-state index in [1.54, 1.807) is 0 Å². The van der Waals surface area contributed by atoms with Gasteiger partial charge in [0.2, 0.25) is 0 Å². The smallest absolute Gasteiger partial charge is 0.0753 e. The van der Waals surface area contributed by atoms with Gasteiger partial charge in [0.15, 0.2) is 0 Å².